The predicted octanol–water partition coefficient (Wildman–Crippen LogP) is 0.386. The van der Waals surface area contributed by atoms with Gasteiger partial charge < -0.3 is 20.6 Å². The molecule has 1 saturated heterocycles. The molecule has 104 valence electrons. The Morgan fingerprint density at radius 2 is 1.88 bits per heavy atom. The fourth-order valence-corrected chi connectivity index (χ4v) is 2.93. The van der Waals surface area contributed by atoms with Crippen LogP contribution < -0.4 is 5.32 Å². The molecule has 1 aliphatic rings. The van der Waals surface area contributed by atoms with E-state index in [4.69, 9.17) is 0 Å². The van der Waals surface area contributed by atoms with Crippen molar-refractivity contribution in [1.82, 2.24) is 5.32 Å². The summed E-state index contributed by atoms with van der Waals surface area (Å²) in [4.78, 5) is 0. The average molecular weight is 286 g/mol. The highest BCUT2D eigenvalue weighted by atomic mass is 35.5. The Labute approximate surface area is 114 Å². The first-order valence-electron chi connectivity index (χ1n) is 6.02. The summed E-state index contributed by atoms with van der Waals surface area (Å²) >= 11 is 1.88. The molecule has 0 spiro atoms. The number of β-amino-alcohol motifs (C(OH)–C–C–N with tert-alkyl or cyclic N) is 1. The van der Waals surface area contributed by atoms with Crippen molar-refractivity contribution >= 4 is 24.2 Å². The van der Waals surface area contributed by atoms with Gasteiger partial charge in [-0.2, -0.15) is 11.8 Å². The van der Waals surface area contributed by atoms with Gasteiger partial charge in [-0.3, -0.25) is 0 Å². The molecule has 4 atom stereocenters. The minimum Gasteiger partial charge on any atom is -0.389 e. The highest BCUT2D eigenvalue weighted by Gasteiger charge is 2.35. The van der Waals surface area contributed by atoms with Gasteiger partial charge >= 0.3 is 0 Å². The number of nitrogens with one attached hydrogen (secondary N) is 1. The zero-order valence-corrected chi connectivity index (χ0v) is 11.8. The van der Waals surface area contributed by atoms with Crippen LogP contribution in [0.2, 0.25) is 0 Å². The molecule has 0 unspecified atom stereocenters. The van der Waals surface area contributed by atoms with Crippen LogP contribution in [0.15, 0.2) is 0 Å². The van der Waals surface area contributed by atoms with Crippen LogP contribution in [0, 0.1) is 0 Å². The maximum atomic E-state index is 9.73. The number of thioether (sulfide) groups is 1. The van der Waals surface area contributed by atoms with Crippen LogP contribution in [0.3, 0.4) is 0 Å². The van der Waals surface area contributed by atoms with Crippen LogP contribution in [-0.4, -0.2) is 57.7 Å². The largest absolute Gasteiger partial charge is 0.389 e. The summed E-state index contributed by atoms with van der Waals surface area (Å²) in [5, 5.41) is 31.6. The number of hydrogen-bond acceptors (Lipinski definition) is 5. The van der Waals surface area contributed by atoms with Gasteiger partial charge in [0.25, 0.3) is 0 Å². The number of hydrogen-bond donors (Lipinski definition) is 4. The van der Waals surface area contributed by atoms with E-state index in [1.54, 1.807) is 0 Å². The maximum Gasteiger partial charge on any atom is 0.108 e. The standard InChI is InChI=1S/C11H23NO3S.ClH/c1-2-3-5-16-6-4-8-10(14)11(15)9(13)7-12-8;/h8-15H,2-7H2,1H3;1H/t8-,9-,10+,11+;/m1./s1. The molecule has 1 rings (SSSR count). The zero-order valence-electron chi connectivity index (χ0n) is 10.2. The number of unbranched alkanes of at least 4 members (excludes halogenated alkanes) is 1. The monoisotopic (exact) mass is 285 g/mol. The Balaban J connectivity index is 0.00000256. The molecule has 0 amide bonds. The second kappa shape index (κ2) is 9.42. The van der Waals surface area contributed by atoms with Crippen LogP contribution in [0.25, 0.3) is 0 Å². The average Bonchev–Trinajstić information content (AvgIpc) is 2.28. The van der Waals surface area contributed by atoms with Crippen molar-refractivity contribution in [3.63, 3.8) is 0 Å². The van der Waals surface area contributed by atoms with Gasteiger partial charge in [0, 0.05) is 12.6 Å². The number of rotatable bonds is 6. The minimum absolute atomic E-state index is 0. The second-order valence-corrected chi connectivity index (χ2v) is 5.54. The summed E-state index contributed by atoms with van der Waals surface area (Å²) < 4.78 is 0. The SMILES string of the molecule is CCCCSCC[C@H]1NC[C@@H](O)[C@H](O)[C@H]1O.Cl. The van der Waals surface area contributed by atoms with Crippen molar-refractivity contribution < 1.29 is 15.3 Å². The van der Waals surface area contributed by atoms with E-state index in [-0.39, 0.29) is 18.4 Å². The van der Waals surface area contributed by atoms with Gasteiger partial charge in [-0.15, -0.1) is 12.4 Å². The number of aliphatic hydroxyl groups excluding tert-OH is 3. The van der Waals surface area contributed by atoms with Crippen LogP contribution in [0.1, 0.15) is 26.2 Å². The van der Waals surface area contributed by atoms with Crippen molar-refractivity contribution in [3.8, 4) is 0 Å². The van der Waals surface area contributed by atoms with Crippen molar-refractivity contribution in [2.45, 2.75) is 50.5 Å². The number of piperidine rings is 1. The summed E-state index contributed by atoms with van der Waals surface area (Å²) in [5.74, 6) is 2.14. The second-order valence-electron chi connectivity index (χ2n) is 4.32. The Morgan fingerprint density at radius 1 is 1.18 bits per heavy atom. The van der Waals surface area contributed by atoms with Gasteiger partial charge in [0.1, 0.15) is 6.10 Å². The van der Waals surface area contributed by atoms with Crippen LogP contribution in [0.5, 0.6) is 0 Å². The van der Waals surface area contributed by atoms with Crippen LogP contribution in [-0.2, 0) is 0 Å². The summed E-state index contributed by atoms with van der Waals surface area (Å²) in [5.41, 5.74) is 0. The van der Waals surface area contributed by atoms with Crippen molar-refractivity contribution in [1.29, 1.82) is 0 Å². The lowest BCUT2D eigenvalue weighted by Gasteiger charge is -2.36. The van der Waals surface area contributed by atoms with E-state index in [9.17, 15) is 15.3 Å². The molecule has 1 aliphatic heterocycles. The maximum absolute atomic E-state index is 9.73. The van der Waals surface area contributed by atoms with E-state index in [1.165, 1.54) is 12.8 Å². The first-order valence-corrected chi connectivity index (χ1v) is 7.17. The first-order chi connectivity index (χ1) is 7.66. The summed E-state index contributed by atoms with van der Waals surface area (Å²) in [7, 11) is 0. The molecule has 17 heavy (non-hydrogen) atoms. The van der Waals surface area contributed by atoms with E-state index in [1.807, 2.05) is 11.8 Å². The van der Waals surface area contributed by atoms with Gasteiger partial charge in [-0.1, -0.05) is 13.3 Å². The fourth-order valence-electron chi connectivity index (χ4n) is 1.81. The van der Waals surface area contributed by atoms with Gasteiger partial charge in [0.05, 0.1) is 12.2 Å². The summed E-state index contributed by atoms with van der Waals surface area (Å²) in [6.07, 6.45) is 0.565. The third-order valence-corrected chi connectivity index (χ3v) is 4.06. The normalized spacial score (nSPS) is 33.2. The lowest BCUT2D eigenvalue weighted by atomic mass is 9.94. The Morgan fingerprint density at radius 3 is 2.53 bits per heavy atom. The molecule has 1 fully saturated rings. The first kappa shape index (κ1) is 17.5. The molecule has 0 saturated carbocycles. The molecule has 0 radical (unpaired) electrons. The van der Waals surface area contributed by atoms with Crippen molar-refractivity contribution in [2.75, 3.05) is 18.1 Å². The Hall–Kier alpha value is 0.480. The van der Waals surface area contributed by atoms with E-state index in [0.29, 0.717) is 6.54 Å². The smallest absolute Gasteiger partial charge is 0.108 e. The zero-order chi connectivity index (χ0) is 12.0. The van der Waals surface area contributed by atoms with E-state index >= 15 is 0 Å². The number of halogens is 1. The molecule has 0 aromatic heterocycles. The molecule has 4 N–H and O–H groups in total. The molecule has 0 aromatic rings. The highest BCUT2D eigenvalue weighted by Crippen LogP contribution is 2.16. The third-order valence-electron chi connectivity index (χ3n) is 2.96. The lowest BCUT2D eigenvalue weighted by molar-refractivity contribution is -0.0941. The topological polar surface area (TPSA) is 72.7 Å². The Bertz CT molecular complexity index is 200. The van der Waals surface area contributed by atoms with E-state index in [0.717, 1.165) is 17.9 Å². The predicted molar refractivity (Wildman–Crippen MR) is 73.9 cm³/mol. The van der Waals surface area contributed by atoms with Crippen molar-refractivity contribution in [2.24, 2.45) is 0 Å². The quantitative estimate of drug-likeness (QED) is 0.531. The summed E-state index contributed by atoms with van der Waals surface area (Å²) in [6, 6.07) is -0.0903. The molecule has 4 nitrogen and oxygen atoms in total. The molecule has 0 aromatic carbocycles. The molecule has 0 bridgehead atoms. The Kier molecular flexibility index (Phi) is 9.68. The van der Waals surface area contributed by atoms with E-state index < -0.39 is 18.3 Å². The van der Waals surface area contributed by atoms with Gasteiger partial charge in [-0.05, 0) is 24.3 Å². The molecule has 0 aliphatic carbocycles. The van der Waals surface area contributed by atoms with Crippen LogP contribution >= 0.6 is 24.2 Å². The lowest BCUT2D eigenvalue weighted by Crippen LogP contribution is -2.59. The number of aliphatic hydroxyl groups is 3. The third kappa shape index (κ3) is 5.77. The minimum atomic E-state index is -1.01. The molecule has 1 heterocycles. The van der Waals surface area contributed by atoms with Gasteiger partial charge in [-0.25, -0.2) is 0 Å². The molecular formula is C11H24ClNO3S. The molecule has 6 heteroatoms. The van der Waals surface area contributed by atoms with E-state index in [2.05, 4.69) is 12.2 Å². The van der Waals surface area contributed by atoms with Crippen molar-refractivity contribution in [3.05, 3.63) is 0 Å². The fraction of sp³-hybridized carbons (Fsp3) is 1.00. The van der Waals surface area contributed by atoms with Gasteiger partial charge in [0.2, 0.25) is 0 Å². The van der Waals surface area contributed by atoms with Crippen LogP contribution in [0.4, 0.5) is 0 Å². The van der Waals surface area contributed by atoms with Gasteiger partial charge in [0.15, 0.2) is 0 Å². The summed E-state index contributed by atoms with van der Waals surface area (Å²) in [6.45, 7) is 2.53. The highest BCUT2D eigenvalue weighted by molar-refractivity contribution is 7.99. The molecular weight excluding hydrogens is 262 g/mol.